The molecule has 1 rings (SSSR count). The van der Waals surface area contributed by atoms with Crippen molar-refractivity contribution in [3.05, 3.63) is 0 Å². The van der Waals surface area contributed by atoms with Crippen LogP contribution in [0.15, 0.2) is 0 Å². The SMILES string of the molecule is CCC(C)[C@H]1C[C@@H](C)O[C@@H](CC)[C@@H]1O. The van der Waals surface area contributed by atoms with Crippen LogP contribution in [0.3, 0.4) is 0 Å². The van der Waals surface area contributed by atoms with E-state index in [0.717, 1.165) is 19.3 Å². The highest BCUT2D eigenvalue weighted by Gasteiger charge is 2.36. The first-order valence-corrected chi connectivity index (χ1v) is 5.93. The topological polar surface area (TPSA) is 29.5 Å². The molecule has 1 fully saturated rings. The van der Waals surface area contributed by atoms with E-state index in [4.69, 9.17) is 4.74 Å². The third-order valence-corrected chi connectivity index (χ3v) is 3.61. The molecule has 1 saturated heterocycles. The molecule has 84 valence electrons. The van der Waals surface area contributed by atoms with Crippen molar-refractivity contribution in [1.29, 1.82) is 0 Å². The van der Waals surface area contributed by atoms with Crippen LogP contribution >= 0.6 is 0 Å². The molecule has 0 aliphatic carbocycles. The Kier molecular flexibility index (Phi) is 4.39. The molecule has 5 atom stereocenters. The predicted octanol–water partition coefficient (Wildman–Crippen LogP) is 2.60. The molecule has 0 spiro atoms. The quantitative estimate of drug-likeness (QED) is 0.759. The van der Waals surface area contributed by atoms with Gasteiger partial charge in [0.05, 0.1) is 18.3 Å². The molecule has 1 N–H and O–H groups in total. The lowest BCUT2D eigenvalue weighted by Gasteiger charge is -2.40. The van der Waals surface area contributed by atoms with Crippen LogP contribution in [0.4, 0.5) is 0 Å². The largest absolute Gasteiger partial charge is 0.390 e. The molecule has 0 bridgehead atoms. The number of ether oxygens (including phenoxy) is 1. The molecule has 1 unspecified atom stereocenters. The van der Waals surface area contributed by atoms with E-state index in [1.165, 1.54) is 0 Å². The van der Waals surface area contributed by atoms with Crippen LogP contribution in [-0.2, 0) is 4.74 Å². The van der Waals surface area contributed by atoms with Crippen molar-refractivity contribution in [3.8, 4) is 0 Å². The van der Waals surface area contributed by atoms with Crippen LogP contribution < -0.4 is 0 Å². The summed E-state index contributed by atoms with van der Waals surface area (Å²) in [5, 5.41) is 10.1. The monoisotopic (exact) mass is 200 g/mol. The third kappa shape index (κ3) is 2.48. The average Bonchev–Trinajstić information content (AvgIpc) is 2.19. The first kappa shape index (κ1) is 12.0. The van der Waals surface area contributed by atoms with Crippen molar-refractivity contribution in [2.24, 2.45) is 11.8 Å². The van der Waals surface area contributed by atoms with Gasteiger partial charge in [-0.05, 0) is 31.6 Å². The van der Waals surface area contributed by atoms with Crippen LogP contribution in [0.25, 0.3) is 0 Å². The van der Waals surface area contributed by atoms with Crippen molar-refractivity contribution in [1.82, 2.24) is 0 Å². The van der Waals surface area contributed by atoms with Crippen LogP contribution in [0.1, 0.15) is 47.0 Å². The third-order valence-electron chi connectivity index (χ3n) is 3.61. The molecule has 0 amide bonds. The van der Waals surface area contributed by atoms with Crippen LogP contribution in [0.2, 0.25) is 0 Å². The molecule has 0 aromatic carbocycles. The number of rotatable bonds is 3. The van der Waals surface area contributed by atoms with Gasteiger partial charge in [0.1, 0.15) is 0 Å². The Morgan fingerprint density at radius 3 is 2.57 bits per heavy atom. The second-order valence-corrected chi connectivity index (χ2v) is 4.67. The highest BCUT2D eigenvalue weighted by Crippen LogP contribution is 2.33. The molecule has 0 aromatic rings. The van der Waals surface area contributed by atoms with Crippen molar-refractivity contribution in [2.45, 2.75) is 65.3 Å². The van der Waals surface area contributed by atoms with E-state index in [1.807, 2.05) is 0 Å². The van der Waals surface area contributed by atoms with Crippen molar-refractivity contribution >= 4 is 0 Å². The van der Waals surface area contributed by atoms with Gasteiger partial charge in [0, 0.05) is 0 Å². The van der Waals surface area contributed by atoms with Crippen molar-refractivity contribution < 1.29 is 9.84 Å². The first-order valence-electron chi connectivity index (χ1n) is 5.93. The Labute approximate surface area is 87.7 Å². The maximum Gasteiger partial charge on any atom is 0.0837 e. The highest BCUT2D eigenvalue weighted by atomic mass is 16.5. The Morgan fingerprint density at radius 1 is 1.43 bits per heavy atom. The minimum Gasteiger partial charge on any atom is -0.390 e. The van der Waals surface area contributed by atoms with Crippen LogP contribution in [0.5, 0.6) is 0 Å². The molecule has 0 radical (unpaired) electrons. The fraction of sp³-hybridized carbons (Fsp3) is 1.00. The van der Waals surface area contributed by atoms with Crippen molar-refractivity contribution in [3.63, 3.8) is 0 Å². The summed E-state index contributed by atoms with van der Waals surface area (Å²) in [5.74, 6) is 1.03. The smallest absolute Gasteiger partial charge is 0.0837 e. The minimum absolute atomic E-state index is 0.0535. The molecule has 1 aliphatic heterocycles. The van der Waals surface area contributed by atoms with Gasteiger partial charge in [-0.25, -0.2) is 0 Å². The van der Waals surface area contributed by atoms with Gasteiger partial charge in [0.2, 0.25) is 0 Å². The average molecular weight is 200 g/mol. The molecule has 1 aliphatic rings. The summed E-state index contributed by atoms with van der Waals surface area (Å²) in [6.45, 7) is 8.63. The lowest BCUT2D eigenvalue weighted by molar-refractivity contribution is -0.149. The first-order chi connectivity index (χ1) is 6.60. The standard InChI is InChI=1S/C12H24O2/c1-5-8(3)10-7-9(4)14-11(6-2)12(10)13/h8-13H,5-7H2,1-4H3/t8?,9-,10-,11+,12-/m1/s1. The Bertz CT molecular complexity index is 170. The summed E-state index contributed by atoms with van der Waals surface area (Å²) in [6, 6.07) is 0. The predicted molar refractivity (Wildman–Crippen MR) is 58.2 cm³/mol. The van der Waals surface area contributed by atoms with Crippen LogP contribution in [0, 0.1) is 11.8 Å². The van der Waals surface area contributed by atoms with E-state index in [-0.39, 0.29) is 12.2 Å². The van der Waals surface area contributed by atoms with E-state index in [2.05, 4.69) is 27.7 Å². The number of aliphatic hydroxyl groups excluding tert-OH is 1. The minimum atomic E-state index is -0.258. The molecule has 2 nitrogen and oxygen atoms in total. The normalized spacial score (nSPS) is 40.9. The van der Waals surface area contributed by atoms with E-state index < -0.39 is 0 Å². The van der Waals surface area contributed by atoms with Crippen molar-refractivity contribution in [2.75, 3.05) is 0 Å². The zero-order chi connectivity index (χ0) is 10.7. The van der Waals surface area contributed by atoms with Gasteiger partial charge in [0.25, 0.3) is 0 Å². The summed E-state index contributed by atoms with van der Waals surface area (Å²) >= 11 is 0. The molecular weight excluding hydrogens is 176 g/mol. The second-order valence-electron chi connectivity index (χ2n) is 4.67. The van der Waals surface area contributed by atoms with Gasteiger partial charge in [-0.1, -0.05) is 27.2 Å². The van der Waals surface area contributed by atoms with E-state index in [9.17, 15) is 5.11 Å². The number of aliphatic hydroxyl groups is 1. The van der Waals surface area contributed by atoms with E-state index >= 15 is 0 Å². The van der Waals surface area contributed by atoms with Gasteiger partial charge >= 0.3 is 0 Å². The van der Waals surface area contributed by atoms with Crippen LogP contribution in [-0.4, -0.2) is 23.4 Å². The summed E-state index contributed by atoms with van der Waals surface area (Å²) in [7, 11) is 0. The summed E-state index contributed by atoms with van der Waals surface area (Å²) in [6.07, 6.45) is 3.17. The Hall–Kier alpha value is -0.0800. The number of hydrogen-bond acceptors (Lipinski definition) is 2. The lowest BCUT2D eigenvalue weighted by atomic mass is 9.79. The zero-order valence-corrected chi connectivity index (χ0v) is 9.86. The highest BCUT2D eigenvalue weighted by molar-refractivity contribution is 4.85. The maximum absolute atomic E-state index is 10.1. The summed E-state index contributed by atoms with van der Waals surface area (Å²) in [4.78, 5) is 0. The van der Waals surface area contributed by atoms with Gasteiger partial charge in [-0.2, -0.15) is 0 Å². The summed E-state index contributed by atoms with van der Waals surface area (Å²) in [5.41, 5.74) is 0. The fourth-order valence-corrected chi connectivity index (χ4v) is 2.44. The lowest BCUT2D eigenvalue weighted by Crippen LogP contribution is -2.46. The van der Waals surface area contributed by atoms with E-state index in [1.54, 1.807) is 0 Å². The molecule has 2 heteroatoms. The molecule has 1 heterocycles. The van der Waals surface area contributed by atoms with Gasteiger partial charge in [0.15, 0.2) is 0 Å². The zero-order valence-electron chi connectivity index (χ0n) is 9.86. The second kappa shape index (κ2) is 5.13. The maximum atomic E-state index is 10.1. The number of hydrogen-bond donors (Lipinski definition) is 1. The van der Waals surface area contributed by atoms with Gasteiger partial charge in [-0.3, -0.25) is 0 Å². The van der Waals surface area contributed by atoms with Gasteiger partial charge < -0.3 is 9.84 Å². The van der Waals surface area contributed by atoms with Gasteiger partial charge in [-0.15, -0.1) is 0 Å². The summed E-state index contributed by atoms with van der Waals surface area (Å²) < 4.78 is 5.72. The molecule has 0 saturated carbocycles. The molecule has 14 heavy (non-hydrogen) atoms. The fourth-order valence-electron chi connectivity index (χ4n) is 2.44. The Morgan fingerprint density at radius 2 is 2.07 bits per heavy atom. The molecule has 0 aromatic heterocycles. The van der Waals surface area contributed by atoms with E-state index in [0.29, 0.717) is 17.9 Å². The molecular formula is C12H24O2. The Balaban J connectivity index is 2.64.